The Kier molecular flexibility index (Phi) is 15.0. The fourth-order valence-electron chi connectivity index (χ4n) is 7.89. The van der Waals surface area contributed by atoms with Crippen molar-refractivity contribution < 1.29 is 33.8 Å². The number of aliphatic carboxylic acids is 1. The number of amides is 2. The van der Waals surface area contributed by atoms with Gasteiger partial charge in [-0.2, -0.15) is 0 Å². The number of Topliss-reactive ketones (excluding diaryl/α,β-unsaturated/α-hetero) is 2. The van der Waals surface area contributed by atoms with Gasteiger partial charge in [0.2, 0.25) is 11.8 Å². The van der Waals surface area contributed by atoms with Crippen LogP contribution in [0.2, 0.25) is 5.02 Å². The number of halogens is 1. The minimum absolute atomic E-state index is 0.0691. The molecule has 2 aliphatic heterocycles. The molecule has 0 aromatic heterocycles. The van der Waals surface area contributed by atoms with Crippen LogP contribution in [0.4, 0.5) is 0 Å². The Hall–Kier alpha value is -6.84. The van der Waals surface area contributed by atoms with E-state index < -0.39 is 47.5 Å². The van der Waals surface area contributed by atoms with E-state index in [1.807, 2.05) is 133 Å². The summed E-state index contributed by atoms with van der Waals surface area (Å²) < 4.78 is 5.85. The molecule has 0 saturated carbocycles. The molecule has 2 bridgehead atoms. The first-order chi connectivity index (χ1) is 30.6. The molecule has 0 unspecified atom stereocenters. The standard InChI is InChI=1S/C53H49ClN2O7/c54-45-24-22-42(23-25-45)41-18-11-36(12-19-41)29-43-32-46(57)34-63-47-26-15-37(16-27-47)30-44(53(61)62)33-50(58)48(28-17-35-7-3-1-4-8-35)55-52(60)49(56-51(43)59)31-38-13-20-40(21-14-38)39-9-5-2-6-10-39/h1-16,18-27,43-44,48-49H,17,28-34H2,(H,55,60)(H,56,59)(H,61,62)/t43-,44-,48+,49-/m1/s1. The van der Waals surface area contributed by atoms with Crippen LogP contribution in [0, 0.1) is 11.8 Å². The molecule has 0 fully saturated rings. The molecule has 6 aromatic carbocycles. The van der Waals surface area contributed by atoms with E-state index in [1.165, 1.54) is 0 Å². The van der Waals surface area contributed by atoms with E-state index in [0.717, 1.165) is 38.9 Å². The topological polar surface area (TPSA) is 139 Å². The van der Waals surface area contributed by atoms with Crippen molar-refractivity contribution >= 4 is 41.0 Å². The van der Waals surface area contributed by atoms with Crippen molar-refractivity contribution in [3.05, 3.63) is 185 Å². The summed E-state index contributed by atoms with van der Waals surface area (Å²) in [6.07, 6.45) is 0.511. The molecule has 6 aromatic rings. The fraction of sp³-hybridized carbons (Fsp3) is 0.226. The highest BCUT2D eigenvalue weighted by atomic mass is 35.5. The van der Waals surface area contributed by atoms with E-state index in [9.17, 15) is 29.1 Å². The third kappa shape index (κ3) is 12.6. The summed E-state index contributed by atoms with van der Waals surface area (Å²) in [4.78, 5) is 69.5. The van der Waals surface area contributed by atoms with Crippen molar-refractivity contribution in [1.29, 1.82) is 0 Å². The average Bonchev–Trinajstić information content (AvgIpc) is 3.30. The highest BCUT2D eigenvalue weighted by Gasteiger charge is 2.32. The summed E-state index contributed by atoms with van der Waals surface area (Å²) in [6, 6.07) is 46.9. The molecular formula is C53H49ClN2O7. The molecule has 0 radical (unpaired) electrons. The van der Waals surface area contributed by atoms with Gasteiger partial charge in [-0.1, -0.05) is 145 Å². The number of carbonyl (C=O) groups excluding carboxylic acids is 4. The number of hydrogen-bond donors (Lipinski definition) is 3. The predicted molar refractivity (Wildman–Crippen MR) is 244 cm³/mol. The summed E-state index contributed by atoms with van der Waals surface area (Å²) >= 11 is 6.11. The number of hydrogen-bond acceptors (Lipinski definition) is 6. The summed E-state index contributed by atoms with van der Waals surface area (Å²) in [5.41, 5.74) is 7.12. The van der Waals surface area contributed by atoms with Crippen molar-refractivity contribution in [2.45, 2.75) is 57.0 Å². The first kappa shape index (κ1) is 44.2. The lowest BCUT2D eigenvalue weighted by atomic mass is 9.90. The van der Waals surface area contributed by atoms with Crippen LogP contribution in [0.1, 0.15) is 41.5 Å². The van der Waals surface area contributed by atoms with E-state index >= 15 is 0 Å². The summed E-state index contributed by atoms with van der Waals surface area (Å²) in [6.45, 7) is -0.300. The van der Waals surface area contributed by atoms with Crippen LogP contribution in [-0.4, -0.2) is 53.1 Å². The van der Waals surface area contributed by atoms with Gasteiger partial charge in [0.15, 0.2) is 11.6 Å². The van der Waals surface area contributed by atoms with Gasteiger partial charge in [-0.3, -0.25) is 24.0 Å². The SMILES string of the molecule is O=C1COc2ccc(cc2)C[C@@H](C(=O)O)CC(=O)[C@H](CCc2ccccc2)NC(=O)[C@@H](Cc2ccc(-c3ccccc3)cc2)NC(=O)[C@H](Cc2ccc(-c3ccc(Cl)cc3)cc2)C1. The van der Waals surface area contributed by atoms with Crippen LogP contribution >= 0.6 is 11.6 Å². The Bertz CT molecular complexity index is 2490. The molecule has 320 valence electrons. The number of nitrogens with one attached hydrogen (secondary N) is 2. The van der Waals surface area contributed by atoms with Crippen molar-refractivity contribution in [2.75, 3.05) is 6.61 Å². The van der Waals surface area contributed by atoms with Gasteiger partial charge in [0, 0.05) is 30.2 Å². The summed E-state index contributed by atoms with van der Waals surface area (Å²) in [5.74, 6) is -4.52. The second kappa shape index (κ2) is 21.3. The first-order valence-electron chi connectivity index (χ1n) is 21.2. The second-order valence-corrected chi connectivity index (χ2v) is 16.5. The number of ether oxygens (including phenoxy) is 1. The monoisotopic (exact) mass is 860 g/mol. The second-order valence-electron chi connectivity index (χ2n) is 16.1. The minimum atomic E-state index is -1.15. The number of ketones is 2. The van der Waals surface area contributed by atoms with Crippen LogP contribution in [0.25, 0.3) is 22.3 Å². The number of carboxylic acid groups (broad SMARTS) is 1. The van der Waals surface area contributed by atoms with Crippen LogP contribution in [0.5, 0.6) is 5.75 Å². The highest BCUT2D eigenvalue weighted by molar-refractivity contribution is 6.30. The zero-order valence-corrected chi connectivity index (χ0v) is 35.5. The van der Waals surface area contributed by atoms with Crippen molar-refractivity contribution in [1.82, 2.24) is 10.6 Å². The van der Waals surface area contributed by atoms with Crippen LogP contribution in [0.3, 0.4) is 0 Å². The molecule has 10 heteroatoms. The minimum Gasteiger partial charge on any atom is -0.486 e. The van der Waals surface area contributed by atoms with Crippen LogP contribution < -0.4 is 15.4 Å². The number of rotatable bonds is 10. The van der Waals surface area contributed by atoms with Crippen molar-refractivity contribution in [2.24, 2.45) is 11.8 Å². The molecule has 2 heterocycles. The smallest absolute Gasteiger partial charge is 0.307 e. The third-order valence-corrected chi connectivity index (χ3v) is 11.7. The zero-order valence-electron chi connectivity index (χ0n) is 34.8. The number of aryl methyl sites for hydroxylation is 1. The lowest BCUT2D eigenvalue weighted by Gasteiger charge is -2.26. The predicted octanol–water partition coefficient (Wildman–Crippen LogP) is 8.93. The molecule has 63 heavy (non-hydrogen) atoms. The van der Waals surface area contributed by atoms with Crippen LogP contribution in [-0.2, 0) is 49.7 Å². The summed E-state index contributed by atoms with van der Waals surface area (Å²) in [5, 5.41) is 16.8. The van der Waals surface area contributed by atoms with Gasteiger partial charge in [-0.05, 0) is 94.5 Å². The average molecular weight is 861 g/mol. The molecule has 9 nitrogen and oxygen atoms in total. The highest BCUT2D eigenvalue weighted by Crippen LogP contribution is 2.25. The molecule has 2 amide bonds. The molecule has 2 aliphatic rings. The maximum Gasteiger partial charge on any atom is 0.307 e. The lowest BCUT2D eigenvalue weighted by Crippen LogP contribution is -2.54. The Balaban J connectivity index is 1.21. The Labute approximate surface area is 372 Å². The quantitative estimate of drug-likeness (QED) is 0.125. The Morgan fingerprint density at radius 2 is 1.11 bits per heavy atom. The molecule has 0 spiro atoms. The Morgan fingerprint density at radius 1 is 0.571 bits per heavy atom. The molecule has 3 N–H and O–H groups in total. The van der Waals surface area contributed by atoms with Crippen LogP contribution in [0.15, 0.2) is 158 Å². The molecule has 8 rings (SSSR count). The normalized spacial score (nSPS) is 18.9. The van der Waals surface area contributed by atoms with Gasteiger partial charge < -0.3 is 20.5 Å². The number of carboxylic acids is 1. The van der Waals surface area contributed by atoms with Gasteiger partial charge in [0.25, 0.3) is 0 Å². The van der Waals surface area contributed by atoms with Crippen molar-refractivity contribution in [3.63, 3.8) is 0 Å². The molecule has 4 atom stereocenters. The molecule has 0 aliphatic carbocycles. The number of fused-ring (bicyclic) bond motifs is 16. The van der Waals surface area contributed by atoms with Gasteiger partial charge in [-0.15, -0.1) is 0 Å². The van der Waals surface area contributed by atoms with Crippen molar-refractivity contribution in [3.8, 4) is 28.0 Å². The van der Waals surface area contributed by atoms with Gasteiger partial charge in [0.1, 0.15) is 18.4 Å². The third-order valence-electron chi connectivity index (χ3n) is 11.5. The van der Waals surface area contributed by atoms with Gasteiger partial charge in [-0.25, -0.2) is 0 Å². The largest absolute Gasteiger partial charge is 0.486 e. The fourth-order valence-corrected chi connectivity index (χ4v) is 8.02. The Morgan fingerprint density at radius 3 is 1.71 bits per heavy atom. The number of carbonyl (C=O) groups is 5. The number of benzene rings is 6. The lowest BCUT2D eigenvalue weighted by molar-refractivity contribution is -0.144. The first-order valence-corrected chi connectivity index (χ1v) is 21.6. The zero-order chi connectivity index (χ0) is 44.1. The maximum absolute atomic E-state index is 14.6. The van der Waals surface area contributed by atoms with E-state index in [-0.39, 0.29) is 50.9 Å². The van der Waals surface area contributed by atoms with E-state index in [0.29, 0.717) is 22.8 Å². The van der Waals surface area contributed by atoms with E-state index in [1.54, 1.807) is 24.3 Å². The van der Waals surface area contributed by atoms with Gasteiger partial charge in [0.05, 0.1) is 12.0 Å². The maximum atomic E-state index is 14.6. The van der Waals surface area contributed by atoms with E-state index in [4.69, 9.17) is 16.3 Å². The van der Waals surface area contributed by atoms with E-state index in [2.05, 4.69) is 10.6 Å². The van der Waals surface area contributed by atoms with Gasteiger partial charge >= 0.3 is 5.97 Å². The molecule has 0 saturated heterocycles. The molecular weight excluding hydrogens is 812 g/mol. The summed E-state index contributed by atoms with van der Waals surface area (Å²) in [7, 11) is 0.